The molecule has 3 heterocycles. The van der Waals surface area contributed by atoms with Gasteiger partial charge in [-0.25, -0.2) is 0 Å². The van der Waals surface area contributed by atoms with E-state index < -0.39 is 0 Å². The summed E-state index contributed by atoms with van der Waals surface area (Å²) in [5.41, 5.74) is 11.4. The van der Waals surface area contributed by atoms with E-state index in [0.29, 0.717) is 11.8 Å². The lowest BCUT2D eigenvalue weighted by Gasteiger charge is -2.26. The topological polar surface area (TPSA) is 30.2 Å². The van der Waals surface area contributed by atoms with E-state index in [1.807, 2.05) is 18.3 Å². The van der Waals surface area contributed by atoms with Crippen molar-refractivity contribution in [3.63, 3.8) is 0 Å². The van der Waals surface area contributed by atoms with Crippen LogP contribution in [-0.4, -0.2) is 22.3 Å². The second kappa shape index (κ2) is 11.5. The minimum atomic E-state index is 0.393. The minimum absolute atomic E-state index is 0.393. The Bertz CT molecular complexity index is 1930. The lowest BCUT2D eigenvalue weighted by molar-refractivity contribution is 0.515. The number of hydrogen-bond donors (Lipinski definition) is 0. The van der Waals surface area contributed by atoms with Crippen LogP contribution in [0.15, 0.2) is 127 Å². The second-order valence-corrected chi connectivity index (χ2v) is 11.9. The molecule has 0 N–H and O–H groups in total. The standard InChI is InChI=1S/C40H37N3/c1-4-5-9-34-16-12-33(26-42-34)30-14-17-36-31(23-30)15-19-38-37-18-13-29(27(2)22-28(3)32-20-21-41-25-32)24-39(37)43(40(36)38)35-10-7-6-8-11-35/h4-12,14-17,19,22-23,25-26,29,32H,1,3,13,18,20-21,24H2,2H3/b9-5+,27-22+. The van der Waals surface area contributed by atoms with Gasteiger partial charge >= 0.3 is 0 Å². The maximum absolute atomic E-state index is 4.63. The molecule has 0 bridgehead atoms. The number of aromatic nitrogens is 2. The number of fused-ring (bicyclic) bond motifs is 5. The van der Waals surface area contributed by atoms with Crippen LogP contribution >= 0.6 is 0 Å². The number of allylic oxidation sites excluding steroid dienone is 5. The zero-order valence-electron chi connectivity index (χ0n) is 24.8. The van der Waals surface area contributed by atoms with Gasteiger partial charge in [0.05, 0.1) is 11.2 Å². The smallest absolute Gasteiger partial charge is 0.0630 e. The highest BCUT2D eigenvalue weighted by molar-refractivity contribution is 6.09. The lowest BCUT2D eigenvalue weighted by Crippen LogP contribution is -2.18. The Morgan fingerprint density at radius 3 is 2.56 bits per heavy atom. The van der Waals surface area contributed by atoms with E-state index in [1.165, 1.54) is 55.3 Å². The molecule has 0 spiro atoms. The van der Waals surface area contributed by atoms with Gasteiger partial charge in [-0.2, -0.15) is 0 Å². The molecule has 0 amide bonds. The Kier molecular flexibility index (Phi) is 7.24. The Morgan fingerprint density at radius 2 is 1.79 bits per heavy atom. The van der Waals surface area contributed by atoms with Gasteiger partial charge in [0.25, 0.3) is 0 Å². The van der Waals surface area contributed by atoms with E-state index in [9.17, 15) is 0 Å². The van der Waals surface area contributed by atoms with E-state index in [0.717, 1.165) is 43.5 Å². The van der Waals surface area contributed by atoms with Crippen molar-refractivity contribution in [1.82, 2.24) is 9.55 Å². The summed E-state index contributed by atoms with van der Waals surface area (Å²) in [6.45, 7) is 11.4. The molecule has 2 aromatic heterocycles. The maximum Gasteiger partial charge on any atom is 0.0630 e. The quantitative estimate of drug-likeness (QED) is 0.183. The molecule has 0 saturated heterocycles. The number of pyridine rings is 1. The molecule has 5 aromatic rings. The van der Waals surface area contributed by atoms with Crippen LogP contribution in [0.3, 0.4) is 0 Å². The molecule has 2 unspecified atom stereocenters. The third-order valence-corrected chi connectivity index (χ3v) is 9.27. The summed E-state index contributed by atoms with van der Waals surface area (Å²) in [5, 5.41) is 3.91. The molecule has 43 heavy (non-hydrogen) atoms. The van der Waals surface area contributed by atoms with Crippen molar-refractivity contribution in [2.45, 2.75) is 32.6 Å². The fourth-order valence-corrected chi connectivity index (χ4v) is 6.93. The van der Waals surface area contributed by atoms with Crippen molar-refractivity contribution in [2.24, 2.45) is 16.8 Å². The van der Waals surface area contributed by atoms with E-state index >= 15 is 0 Å². The van der Waals surface area contributed by atoms with Crippen LogP contribution in [-0.2, 0) is 12.8 Å². The maximum atomic E-state index is 4.63. The molecular formula is C40H37N3. The number of hydrogen-bond acceptors (Lipinski definition) is 2. The fraction of sp³-hybridized carbons (Fsp3) is 0.200. The van der Waals surface area contributed by atoms with E-state index in [1.54, 1.807) is 6.08 Å². The van der Waals surface area contributed by atoms with Crippen LogP contribution < -0.4 is 0 Å². The van der Waals surface area contributed by atoms with Crippen molar-refractivity contribution in [3.8, 4) is 16.8 Å². The van der Waals surface area contributed by atoms with Gasteiger partial charge < -0.3 is 4.57 Å². The average Bonchev–Trinajstić information content (AvgIpc) is 3.71. The van der Waals surface area contributed by atoms with Gasteiger partial charge in [-0.1, -0.05) is 85.5 Å². The van der Waals surface area contributed by atoms with E-state index in [4.69, 9.17) is 0 Å². The molecule has 2 atom stereocenters. The molecule has 7 rings (SSSR count). The first-order valence-electron chi connectivity index (χ1n) is 15.4. The number of para-hydroxylation sites is 1. The van der Waals surface area contributed by atoms with Crippen molar-refractivity contribution in [3.05, 3.63) is 138 Å². The van der Waals surface area contributed by atoms with Gasteiger partial charge in [-0.05, 0) is 91.0 Å². The molecular weight excluding hydrogens is 522 g/mol. The van der Waals surface area contributed by atoms with Crippen molar-refractivity contribution < 1.29 is 0 Å². The lowest BCUT2D eigenvalue weighted by atomic mass is 9.81. The SMILES string of the molecule is C=C/C=C/c1ccc(-c2ccc3c(ccc4c5c(n(-c6ccccc6)c43)CC(/C(C)=C/C(=C)C3C=NCC3)CC5)c2)cn1. The van der Waals surface area contributed by atoms with Crippen LogP contribution in [0.25, 0.3) is 44.6 Å². The Labute approximate surface area is 254 Å². The Balaban J connectivity index is 1.31. The molecule has 0 fully saturated rings. The highest BCUT2D eigenvalue weighted by Gasteiger charge is 2.28. The summed E-state index contributed by atoms with van der Waals surface area (Å²) in [7, 11) is 0. The van der Waals surface area contributed by atoms with Crippen LogP contribution in [0.1, 0.15) is 36.7 Å². The first-order chi connectivity index (χ1) is 21.1. The molecule has 3 aromatic carbocycles. The van der Waals surface area contributed by atoms with Gasteiger partial charge in [0.15, 0.2) is 0 Å². The summed E-state index contributed by atoms with van der Waals surface area (Å²) in [6.07, 6.45) is 16.4. The largest absolute Gasteiger partial charge is 0.313 e. The normalized spacial score (nSPS) is 18.5. The summed E-state index contributed by atoms with van der Waals surface area (Å²) in [5.74, 6) is 0.896. The number of aryl methyl sites for hydroxylation is 1. The highest BCUT2D eigenvalue weighted by Crippen LogP contribution is 2.42. The minimum Gasteiger partial charge on any atom is -0.313 e. The Morgan fingerprint density at radius 1 is 0.953 bits per heavy atom. The number of rotatable bonds is 7. The molecule has 1 aliphatic heterocycles. The van der Waals surface area contributed by atoms with Gasteiger partial charge in [0.2, 0.25) is 0 Å². The van der Waals surface area contributed by atoms with Gasteiger partial charge in [-0.15, -0.1) is 0 Å². The first-order valence-corrected chi connectivity index (χ1v) is 15.4. The second-order valence-electron chi connectivity index (χ2n) is 11.9. The highest BCUT2D eigenvalue weighted by atomic mass is 15.0. The van der Waals surface area contributed by atoms with Gasteiger partial charge in [-0.3, -0.25) is 9.98 Å². The monoisotopic (exact) mass is 559 g/mol. The number of nitrogens with zero attached hydrogens (tertiary/aromatic N) is 3. The number of benzene rings is 3. The Hall–Kier alpha value is -4.76. The summed E-state index contributed by atoms with van der Waals surface area (Å²) in [4.78, 5) is 9.07. The third-order valence-electron chi connectivity index (χ3n) is 9.27. The van der Waals surface area contributed by atoms with Gasteiger partial charge in [0, 0.05) is 52.6 Å². The van der Waals surface area contributed by atoms with E-state index in [-0.39, 0.29) is 0 Å². The predicted molar refractivity (Wildman–Crippen MR) is 183 cm³/mol. The fourth-order valence-electron chi connectivity index (χ4n) is 6.93. The summed E-state index contributed by atoms with van der Waals surface area (Å²) < 4.78 is 2.55. The molecule has 2 aliphatic rings. The predicted octanol–water partition coefficient (Wildman–Crippen LogP) is 9.74. The molecule has 212 valence electrons. The van der Waals surface area contributed by atoms with Crippen molar-refractivity contribution >= 4 is 34.0 Å². The summed E-state index contributed by atoms with van der Waals surface area (Å²) in [6, 6.07) is 26.6. The van der Waals surface area contributed by atoms with Crippen LogP contribution in [0.4, 0.5) is 0 Å². The van der Waals surface area contributed by atoms with Gasteiger partial charge in [0.1, 0.15) is 0 Å². The van der Waals surface area contributed by atoms with Crippen LogP contribution in [0.2, 0.25) is 0 Å². The molecule has 3 nitrogen and oxygen atoms in total. The zero-order valence-corrected chi connectivity index (χ0v) is 24.8. The molecule has 0 radical (unpaired) electrons. The average molecular weight is 560 g/mol. The summed E-state index contributed by atoms with van der Waals surface area (Å²) >= 11 is 0. The van der Waals surface area contributed by atoms with Crippen LogP contribution in [0.5, 0.6) is 0 Å². The number of aliphatic imine (C=N–C) groups is 1. The molecule has 1 aliphatic carbocycles. The van der Waals surface area contributed by atoms with Crippen LogP contribution in [0, 0.1) is 11.8 Å². The first kappa shape index (κ1) is 27.1. The molecule has 3 heteroatoms. The molecule has 0 saturated carbocycles. The zero-order chi connectivity index (χ0) is 29.3. The van der Waals surface area contributed by atoms with E-state index in [2.05, 4.69) is 120 Å². The van der Waals surface area contributed by atoms with Crippen molar-refractivity contribution in [1.29, 1.82) is 0 Å². The van der Waals surface area contributed by atoms with Crippen molar-refractivity contribution in [2.75, 3.05) is 6.54 Å². The third kappa shape index (κ3) is 5.10.